The Kier molecular flexibility index (Phi) is 7.41. The van der Waals surface area contributed by atoms with Crippen molar-refractivity contribution >= 4 is 17.3 Å². The topological polar surface area (TPSA) is 97.0 Å². The van der Waals surface area contributed by atoms with Crippen molar-refractivity contribution in [3.63, 3.8) is 0 Å². The number of aromatic nitrogens is 4. The summed E-state index contributed by atoms with van der Waals surface area (Å²) in [6.07, 6.45) is 8.11. The first kappa shape index (κ1) is 24.9. The predicted molar refractivity (Wildman–Crippen MR) is 141 cm³/mol. The molecule has 3 aromatic rings. The molecule has 0 bridgehead atoms. The average molecular weight is 495 g/mol. The van der Waals surface area contributed by atoms with Crippen molar-refractivity contribution in [3.8, 4) is 11.1 Å². The van der Waals surface area contributed by atoms with Gasteiger partial charge in [0.15, 0.2) is 0 Å². The van der Waals surface area contributed by atoms with Crippen LogP contribution in [0.25, 0.3) is 16.6 Å². The molecule has 0 spiro atoms. The Morgan fingerprint density at radius 2 is 2.00 bits per heavy atom. The number of pyridine rings is 1. The SMILES string of the molecule is CC[C@]1(O)CC[C@@H](c2cc(-c3ccnc(N4CCOCC4)c3)c3cnc(N[C@@H](C)COC)nn32)CC1. The first-order chi connectivity index (χ1) is 17.5. The van der Waals surface area contributed by atoms with E-state index in [0.717, 1.165) is 80.9 Å². The quantitative estimate of drug-likeness (QED) is 0.487. The number of rotatable bonds is 8. The van der Waals surface area contributed by atoms with Crippen LogP contribution in [0.4, 0.5) is 11.8 Å². The van der Waals surface area contributed by atoms with Crippen molar-refractivity contribution in [1.82, 2.24) is 19.6 Å². The number of hydrogen-bond donors (Lipinski definition) is 2. The first-order valence-electron chi connectivity index (χ1n) is 13.2. The molecule has 1 saturated carbocycles. The summed E-state index contributed by atoms with van der Waals surface area (Å²) >= 11 is 0. The molecule has 1 aliphatic heterocycles. The maximum Gasteiger partial charge on any atom is 0.241 e. The van der Waals surface area contributed by atoms with E-state index in [2.05, 4.69) is 56.7 Å². The molecular weight excluding hydrogens is 456 g/mol. The zero-order valence-corrected chi connectivity index (χ0v) is 21.6. The van der Waals surface area contributed by atoms with Crippen molar-refractivity contribution in [3.05, 3.63) is 36.3 Å². The van der Waals surface area contributed by atoms with Crippen LogP contribution in [0.2, 0.25) is 0 Å². The van der Waals surface area contributed by atoms with Gasteiger partial charge in [0.1, 0.15) is 5.82 Å². The minimum atomic E-state index is -0.540. The minimum Gasteiger partial charge on any atom is -0.390 e. The molecule has 0 aromatic carbocycles. The van der Waals surface area contributed by atoms with Crippen LogP contribution in [0.3, 0.4) is 0 Å². The Hall–Kier alpha value is -2.75. The number of methoxy groups -OCH3 is 1. The third kappa shape index (κ3) is 5.19. The average Bonchev–Trinajstić information content (AvgIpc) is 3.29. The summed E-state index contributed by atoms with van der Waals surface area (Å²) in [4.78, 5) is 11.6. The van der Waals surface area contributed by atoms with Gasteiger partial charge in [-0.3, -0.25) is 0 Å². The van der Waals surface area contributed by atoms with E-state index >= 15 is 0 Å². The second-order valence-electron chi connectivity index (χ2n) is 10.2. The Bertz CT molecular complexity index is 1170. The zero-order chi connectivity index (χ0) is 25.1. The monoisotopic (exact) mass is 494 g/mol. The van der Waals surface area contributed by atoms with Gasteiger partial charge >= 0.3 is 0 Å². The molecule has 9 nitrogen and oxygen atoms in total. The van der Waals surface area contributed by atoms with E-state index in [4.69, 9.17) is 14.6 Å². The third-order valence-electron chi connectivity index (χ3n) is 7.72. The van der Waals surface area contributed by atoms with Gasteiger partial charge in [-0.15, -0.1) is 5.10 Å². The van der Waals surface area contributed by atoms with Crippen LogP contribution in [-0.2, 0) is 9.47 Å². The summed E-state index contributed by atoms with van der Waals surface area (Å²) in [5.41, 5.74) is 3.82. The molecule has 36 heavy (non-hydrogen) atoms. The molecule has 1 atom stereocenters. The third-order valence-corrected chi connectivity index (χ3v) is 7.72. The van der Waals surface area contributed by atoms with Crippen molar-refractivity contribution in [2.45, 2.75) is 63.5 Å². The molecule has 4 heterocycles. The molecular formula is C27H38N6O3. The normalized spacial score (nSPS) is 23.7. The molecule has 0 unspecified atom stereocenters. The highest BCUT2D eigenvalue weighted by molar-refractivity contribution is 5.82. The fraction of sp³-hybridized carbons (Fsp3) is 0.593. The molecule has 194 valence electrons. The fourth-order valence-electron chi connectivity index (χ4n) is 5.47. The lowest BCUT2D eigenvalue weighted by molar-refractivity contribution is -0.00461. The van der Waals surface area contributed by atoms with Crippen molar-refractivity contribution in [2.24, 2.45) is 0 Å². The van der Waals surface area contributed by atoms with E-state index in [0.29, 0.717) is 18.5 Å². The van der Waals surface area contributed by atoms with Gasteiger partial charge in [-0.1, -0.05) is 6.92 Å². The van der Waals surface area contributed by atoms with E-state index < -0.39 is 5.60 Å². The lowest BCUT2D eigenvalue weighted by Crippen LogP contribution is -2.36. The van der Waals surface area contributed by atoms with Crippen molar-refractivity contribution < 1.29 is 14.6 Å². The molecule has 3 aromatic heterocycles. The van der Waals surface area contributed by atoms with Gasteiger partial charge in [0.2, 0.25) is 5.95 Å². The van der Waals surface area contributed by atoms with Crippen LogP contribution in [0.5, 0.6) is 0 Å². The standard InChI is InChI=1S/C27H38N6O3/c1-4-27(34)8-5-20(6-9-27)23-16-22(21-7-10-28-25(15-21)32-11-13-36-14-12-32)24-17-29-26(31-33(23)24)30-19(2)18-35-3/h7,10,15-17,19-20,34H,4-6,8-9,11-14,18H2,1-3H3,(H,30,31)/t19-,20-,27+/m0/s1. The van der Waals surface area contributed by atoms with Gasteiger partial charge in [-0.05, 0) is 62.8 Å². The number of fused-ring (bicyclic) bond motifs is 1. The highest BCUT2D eigenvalue weighted by Gasteiger charge is 2.34. The van der Waals surface area contributed by atoms with Crippen LogP contribution in [0, 0.1) is 0 Å². The van der Waals surface area contributed by atoms with Crippen LogP contribution in [0.1, 0.15) is 57.6 Å². The van der Waals surface area contributed by atoms with Crippen LogP contribution in [-0.4, -0.2) is 76.4 Å². The molecule has 2 fully saturated rings. The summed E-state index contributed by atoms with van der Waals surface area (Å²) in [7, 11) is 1.69. The van der Waals surface area contributed by atoms with Gasteiger partial charge in [0, 0.05) is 49.6 Å². The van der Waals surface area contributed by atoms with Crippen molar-refractivity contribution in [2.75, 3.05) is 50.2 Å². The molecule has 1 saturated heterocycles. The van der Waals surface area contributed by atoms with Crippen LogP contribution < -0.4 is 10.2 Å². The first-order valence-corrected chi connectivity index (χ1v) is 13.2. The second-order valence-corrected chi connectivity index (χ2v) is 10.2. The van der Waals surface area contributed by atoms with E-state index in [1.165, 1.54) is 5.69 Å². The van der Waals surface area contributed by atoms with Gasteiger partial charge in [0.05, 0.1) is 37.1 Å². The van der Waals surface area contributed by atoms with E-state index in [1.807, 2.05) is 12.4 Å². The maximum atomic E-state index is 10.8. The van der Waals surface area contributed by atoms with Crippen molar-refractivity contribution in [1.29, 1.82) is 0 Å². The number of nitrogens with zero attached hydrogens (tertiary/aromatic N) is 5. The van der Waals surface area contributed by atoms with E-state index in [9.17, 15) is 5.11 Å². The van der Waals surface area contributed by atoms with E-state index in [-0.39, 0.29) is 6.04 Å². The summed E-state index contributed by atoms with van der Waals surface area (Å²) in [5, 5.41) is 19.1. The number of ether oxygens (including phenoxy) is 2. The Morgan fingerprint density at radius 1 is 1.22 bits per heavy atom. The van der Waals surface area contributed by atoms with Gasteiger partial charge in [0.25, 0.3) is 0 Å². The summed E-state index contributed by atoms with van der Waals surface area (Å²) in [6.45, 7) is 7.84. The molecule has 2 aliphatic rings. The smallest absolute Gasteiger partial charge is 0.241 e. The molecule has 9 heteroatoms. The maximum absolute atomic E-state index is 10.8. The van der Waals surface area contributed by atoms with Crippen LogP contribution in [0.15, 0.2) is 30.6 Å². The predicted octanol–water partition coefficient (Wildman–Crippen LogP) is 3.87. The lowest BCUT2D eigenvalue weighted by Gasteiger charge is -2.35. The van der Waals surface area contributed by atoms with Crippen LogP contribution >= 0.6 is 0 Å². The highest BCUT2D eigenvalue weighted by atomic mass is 16.5. The molecule has 1 aliphatic carbocycles. The molecule has 2 N–H and O–H groups in total. The summed E-state index contributed by atoms with van der Waals surface area (Å²) in [6, 6.07) is 6.59. The number of morpholine rings is 1. The minimum absolute atomic E-state index is 0.0939. The van der Waals surface area contributed by atoms with E-state index in [1.54, 1.807) is 7.11 Å². The lowest BCUT2D eigenvalue weighted by atomic mass is 9.76. The Morgan fingerprint density at radius 3 is 2.72 bits per heavy atom. The summed E-state index contributed by atoms with van der Waals surface area (Å²) in [5.74, 6) is 1.88. The second kappa shape index (κ2) is 10.7. The zero-order valence-electron chi connectivity index (χ0n) is 21.6. The molecule has 0 amide bonds. The van der Waals surface area contributed by atoms with Gasteiger partial charge in [-0.2, -0.15) is 0 Å². The van der Waals surface area contributed by atoms with Gasteiger partial charge < -0.3 is 24.8 Å². The summed E-state index contributed by atoms with van der Waals surface area (Å²) < 4.78 is 12.8. The molecule has 5 rings (SSSR count). The largest absolute Gasteiger partial charge is 0.390 e. The Balaban J connectivity index is 1.53. The number of hydrogen-bond acceptors (Lipinski definition) is 8. The number of aliphatic hydroxyl groups is 1. The highest BCUT2D eigenvalue weighted by Crippen LogP contribution is 2.42. The Labute approximate surface area is 212 Å². The molecule has 0 radical (unpaired) electrons. The number of anilines is 2. The number of nitrogens with one attached hydrogen (secondary N) is 1. The van der Waals surface area contributed by atoms with Gasteiger partial charge in [-0.25, -0.2) is 14.5 Å². The fourth-order valence-corrected chi connectivity index (χ4v) is 5.47.